The molecular weight excluding hydrogens is 262 g/mol. The third-order valence-electron chi connectivity index (χ3n) is 3.29. The number of carbonyl (C=O) groups is 3. The maximum absolute atomic E-state index is 12.4. The number of carbonyl (C=O) groups excluding carboxylic acids is 2. The average molecular weight is 277 g/mol. The van der Waals surface area contributed by atoms with Gasteiger partial charge >= 0.3 is 5.97 Å². The molecule has 0 radical (unpaired) electrons. The number of aliphatic carboxylic acids is 1. The fraction of sp³-hybridized carbons (Fsp3) is 0.308. The summed E-state index contributed by atoms with van der Waals surface area (Å²) >= 11 is 0. The van der Waals surface area contributed by atoms with Crippen molar-refractivity contribution in [2.24, 2.45) is 5.73 Å². The van der Waals surface area contributed by atoms with Crippen molar-refractivity contribution >= 4 is 17.8 Å². The number of nitrogens with zero attached hydrogens (tertiary/aromatic N) is 1. The van der Waals surface area contributed by atoms with Crippen molar-refractivity contribution < 1.29 is 19.5 Å². The van der Waals surface area contributed by atoms with Gasteiger partial charge in [-0.3, -0.25) is 14.9 Å². The Morgan fingerprint density at radius 2 is 2.10 bits per heavy atom. The highest BCUT2D eigenvalue weighted by Crippen LogP contribution is 2.33. The van der Waals surface area contributed by atoms with E-state index >= 15 is 0 Å². The van der Waals surface area contributed by atoms with Crippen LogP contribution in [-0.4, -0.2) is 40.9 Å². The molecule has 1 aliphatic rings. The Bertz CT molecular complexity index is 572. The van der Waals surface area contributed by atoms with E-state index in [4.69, 9.17) is 5.73 Å². The van der Waals surface area contributed by atoms with E-state index in [2.05, 4.69) is 5.32 Å². The van der Waals surface area contributed by atoms with Crippen molar-refractivity contribution in [3.63, 3.8) is 0 Å². The van der Waals surface area contributed by atoms with Crippen LogP contribution < -0.4 is 11.1 Å². The molecule has 7 nitrogen and oxygen atoms in total. The summed E-state index contributed by atoms with van der Waals surface area (Å²) in [5.41, 5.74) is 6.20. The molecule has 0 bridgehead atoms. The number of carboxylic acid groups (broad SMARTS) is 1. The van der Waals surface area contributed by atoms with Crippen molar-refractivity contribution in [1.82, 2.24) is 10.2 Å². The van der Waals surface area contributed by atoms with Gasteiger partial charge in [-0.15, -0.1) is 0 Å². The van der Waals surface area contributed by atoms with E-state index in [1.165, 1.54) is 0 Å². The number of hydrogen-bond donors (Lipinski definition) is 3. The molecule has 4 N–H and O–H groups in total. The van der Waals surface area contributed by atoms with Gasteiger partial charge in [-0.05, 0) is 13.1 Å². The highest BCUT2D eigenvalue weighted by molar-refractivity contribution is 6.01. The number of amides is 2. The largest absolute Gasteiger partial charge is 0.480 e. The lowest BCUT2D eigenvalue weighted by Gasteiger charge is -2.30. The van der Waals surface area contributed by atoms with E-state index in [0.29, 0.717) is 11.1 Å². The average Bonchev–Trinajstić information content (AvgIpc) is 2.68. The molecule has 2 amide bonds. The van der Waals surface area contributed by atoms with E-state index in [1.54, 1.807) is 31.3 Å². The van der Waals surface area contributed by atoms with E-state index < -0.39 is 36.4 Å². The summed E-state index contributed by atoms with van der Waals surface area (Å²) in [6, 6.07) is 5.56. The minimum atomic E-state index is -1.29. The van der Waals surface area contributed by atoms with E-state index in [0.717, 1.165) is 4.90 Å². The molecule has 2 unspecified atom stereocenters. The number of primary amides is 1. The van der Waals surface area contributed by atoms with Gasteiger partial charge in [-0.2, -0.15) is 0 Å². The molecule has 20 heavy (non-hydrogen) atoms. The van der Waals surface area contributed by atoms with Crippen LogP contribution in [0.3, 0.4) is 0 Å². The van der Waals surface area contributed by atoms with Gasteiger partial charge in [0.2, 0.25) is 5.91 Å². The highest BCUT2D eigenvalue weighted by atomic mass is 16.4. The van der Waals surface area contributed by atoms with Crippen LogP contribution in [0.2, 0.25) is 0 Å². The predicted molar refractivity (Wildman–Crippen MR) is 69.6 cm³/mol. The van der Waals surface area contributed by atoms with Gasteiger partial charge in [0.1, 0.15) is 12.2 Å². The van der Waals surface area contributed by atoms with E-state index in [-0.39, 0.29) is 0 Å². The van der Waals surface area contributed by atoms with Gasteiger partial charge in [0, 0.05) is 11.1 Å². The standard InChI is InChI=1S/C13H15N3O4/c1-15-11-7-4-2-3-5-8(7)12(18)16(11)9(13(19)20)6-10(14)17/h2-5,9,11,15H,6H2,1H3,(H2,14,17)(H,19,20). The first-order valence-corrected chi connectivity index (χ1v) is 6.07. The Morgan fingerprint density at radius 3 is 2.65 bits per heavy atom. The van der Waals surface area contributed by atoms with Gasteiger partial charge < -0.3 is 15.7 Å². The van der Waals surface area contributed by atoms with Crippen LogP contribution in [-0.2, 0) is 9.59 Å². The zero-order valence-corrected chi connectivity index (χ0v) is 10.9. The van der Waals surface area contributed by atoms with Crippen molar-refractivity contribution in [3.05, 3.63) is 35.4 Å². The molecular formula is C13H15N3O4. The second-order valence-corrected chi connectivity index (χ2v) is 4.52. The zero-order valence-electron chi connectivity index (χ0n) is 10.9. The first-order chi connectivity index (χ1) is 9.47. The number of rotatable bonds is 5. The molecule has 0 aliphatic carbocycles. The minimum absolute atomic E-state index is 0.423. The quantitative estimate of drug-likeness (QED) is 0.683. The Kier molecular flexibility index (Phi) is 3.71. The van der Waals surface area contributed by atoms with Gasteiger partial charge in [-0.25, -0.2) is 4.79 Å². The van der Waals surface area contributed by atoms with Crippen LogP contribution >= 0.6 is 0 Å². The summed E-state index contributed by atoms with van der Waals surface area (Å²) in [4.78, 5) is 35.9. The number of carboxylic acids is 1. The van der Waals surface area contributed by atoms with Crippen molar-refractivity contribution in [3.8, 4) is 0 Å². The number of nitrogens with one attached hydrogen (secondary N) is 1. The number of hydrogen-bond acceptors (Lipinski definition) is 4. The molecule has 7 heteroatoms. The van der Waals surface area contributed by atoms with Gasteiger partial charge in [0.25, 0.3) is 5.91 Å². The Morgan fingerprint density at radius 1 is 1.45 bits per heavy atom. The van der Waals surface area contributed by atoms with Crippen molar-refractivity contribution in [1.29, 1.82) is 0 Å². The molecule has 106 valence electrons. The maximum Gasteiger partial charge on any atom is 0.327 e. The van der Waals surface area contributed by atoms with Gasteiger partial charge in [0.15, 0.2) is 0 Å². The third-order valence-corrected chi connectivity index (χ3v) is 3.29. The lowest BCUT2D eigenvalue weighted by atomic mass is 10.1. The summed E-state index contributed by atoms with van der Waals surface area (Å²) in [6.07, 6.45) is -1.01. The van der Waals surface area contributed by atoms with Crippen LogP contribution in [0.25, 0.3) is 0 Å². The summed E-state index contributed by atoms with van der Waals surface area (Å²) in [6.45, 7) is 0. The molecule has 1 aliphatic heterocycles. The van der Waals surface area contributed by atoms with Crippen LogP contribution in [0.4, 0.5) is 0 Å². The highest BCUT2D eigenvalue weighted by Gasteiger charge is 2.43. The molecule has 0 fully saturated rings. The zero-order chi connectivity index (χ0) is 14.9. The third kappa shape index (κ3) is 2.23. The molecule has 1 heterocycles. The number of fused-ring (bicyclic) bond motifs is 1. The Labute approximate surface area is 115 Å². The fourth-order valence-electron chi connectivity index (χ4n) is 2.45. The molecule has 1 aromatic rings. The lowest BCUT2D eigenvalue weighted by Crippen LogP contribution is -2.48. The predicted octanol–water partition coefficient (Wildman–Crippen LogP) is -0.311. The smallest absolute Gasteiger partial charge is 0.327 e. The number of benzene rings is 1. The van der Waals surface area contributed by atoms with Crippen LogP contribution in [0.1, 0.15) is 28.5 Å². The first-order valence-electron chi connectivity index (χ1n) is 6.07. The molecule has 1 aromatic carbocycles. The molecule has 2 rings (SSSR count). The topological polar surface area (TPSA) is 113 Å². The SMILES string of the molecule is CNC1c2ccccc2C(=O)N1C(CC(N)=O)C(=O)O. The Hall–Kier alpha value is -2.41. The monoisotopic (exact) mass is 277 g/mol. The van der Waals surface area contributed by atoms with Crippen LogP contribution in [0.5, 0.6) is 0 Å². The molecule has 0 saturated carbocycles. The summed E-state index contributed by atoms with van der Waals surface area (Å²) < 4.78 is 0. The number of nitrogens with two attached hydrogens (primary N) is 1. The van der Waals surface area contributed by atoms with Gasteiger partial charge in [0.05, 0.1) is 6.42 Å². The second-order valence-electron chi connectivity index (χ2n) is 4.52. The van der Waals surface area contributed by atoms with Crippen LogP contribution in [0.15, 0.2) is 24.3 Å². The lowest BCUT2D eigenvalue weighted by molar-refractivity contribution is -0.145. The first kappa shape index (κ1) is 14.0. The maximum atomic E-state index is 12.4. The van der Waals surface area contributed by atoms with E-state index in [1.807, 2.05) is 0 Å². The molecule has 0 saturated heterocycles. The summed E-state index contributed by atoms with van der Waals surface area (Å²) in [5, 5.41) is 12.2. The second kappa shape index (κ2) is 5.30. The van der Waals surface area contributed by atoms with Gasteiger partial charge in [-0.1, -0.05) is 18.2 Å². The minimum Gasteiger partial charge on any atom is -0.480 e. The Balaban J connectivity index is 2.43. The fourth-order valence-corrected chi connectivity index (χ4v) is 2.45. The van der Waals surface area contributed by atoms with Crippen molar-refractivity contribution in [2.75, 3.05) is 7.05 Å². The molecule has 2 atom stereocenters. The summed E-state index contributed by atoms with van der Waals surface area (Å²) in [5.74, 6) is -2.45. The van der Waals surface area contributed by atoms with Crippen LogP contribution in [0, 0.1) is 0 Å². The summed E-state index contributed by atoms with van der Waals surface area (Å²) in [7, 11) is 1.62. The van der Waals surface area contributed by atoms with E-state index in [9.17, 15) is 19.5 Å². The molecule has 0 aromatic heterocycles. The normalized spacial score (nSPS) is 18.8. The van der Waals surface area contributed by atoms with Crippen molar-refractivity contribution in [2.45, 2.75) is 18.6 Å². The molecule has 0 spiro atoms.